The fourth-order valence-corrected chi connectivity index (χ4v) is 2.73. The predicted octanol–water partition coefficient (Wildman–Crippen LogP) is 4.75. The summed E-state index contributed by atoms with van der Waals surface area (Å²) >= 11 is 0. The number of allylic oxidation sites excluding steroid dienone is 1. The average molecular weight is 208 g/mol. The van der Waals surface area contributed by atoms with E-state index in [1.54, 1.807) is 0 Å². The van der Waals surface area contributed by atoms with Crippen LogP contribution in [0.1, 0.15) is 36.8 Å². The van der Waals surface area contributed by atoms with Crippen LogP contribution in [0.4, 0.5) is 0 Å². The molecule has 1 unspecified atom stereocenters. The van der Waals surface area contributed by atoms with Gasteiger partial charge in [0.1, 0.15) is 0 Å². The van der Waals surface area contributed by atoms with Crippen molar-refractivity contribution >= 4 is 16.8 Å². The van der Waals surface area contributed by atoms with Gasteiger partial charge in [0.15, 0.2) is 0 Å². The molecule has 2 aromatic rings. The standard InChI is InChI=1S/C16H16/c1-2-5-12-10-11-14-7-3-6-13-8-4-9-15(12)16(13)14/h3-4,6-12H,2,5H2,1H3. The van der Waals surface area contributed by atoms with Crippen LogP contribution in [0.3, 0.4) is 0 Å². The van der Waals surface area contributed by atoms with Gasteiger partial charge in [0, 0.05) is 5.92 Å². The minimum absolute atomic E-state index is 0.614. The van der Waals surface area contributed by atoms with E-state index in [1.165, 1.54) is 34.7 Å². The molecule has 1 aliphatic carbocycles. The molecule has 0 saturated carbocycles. The Kier molecular flexibility index (Phi) is 2.28. The lowest BCUT2D eigenvalue weighted by atomic mass is 9.84. The molecule has 1 atom stereocenters. The zero-order valence-corrected chi connectivity index (χ0v) is 9.61. The number of benzene rings is 2. The number of hydrogen-bond acceptors (Lipinski definition) is 0. The Morgan fingerprint density at radius 1 is 1.06 bits per heavy atom. The normalized spacial score (nSPS) is 17.9. The lowest BCUT2D eigenvalue weighted by molar-refractivity contribution is 0.722. The Hall–Kier alpha value is -1.56. The average Bonchev–Trinajstić information content (AvgIpc) is 2.33. The largest absolute Gasteiger partial charge is 0.0764 e. The van der Waals surface area contributed by atoms with Gasteiger partial charge in [-0.2, -0.15) is 0 Å². The Morgan fingerprint density at radius 2 is 1.88 bits per heavy atom. The first kappa shape index (κ1) is 9.65. The molecule has 0 heterocycles. The van der Waals surface area contributed by atoms with E-state index in [9.17, 15) is 0 Å². The summed E-state index contributed by atoms with van der Waals surface area (Å²) in [7, 11) is 0. The maximum Gasteiger partial charge on any atom is 0.00275 e. The maximum atomic E-state index is 2.36. The highest BCUT2D eigenvalue weighted by atomic mass is 14.2. The van der Waals surface area contributed by atoms with Crippen molar-refractivity contribution in [2.45, 2.75) is 25.7 Å². The molecule has 0 N–H and O–H groups in total. The highest BCUT2D eigenvalue weighted by Gasteiger charge is 2.15. The summed E-state index contributed by atoms with van der Waals surface area (Å²) in [5.74, 6) is 0.614. The SMILES string of the molecule is CCCC1C=Cc2cccc3cccc1c23. The van der Waals surface area contributed by atoms with Gasteiger partial charge < -0.3 is 0 Å². The lowest BCUT2D eigenvalue weighted by Crippen LogP contribution is -2.00. The monoisotopic (exact) mass is 208 g/mol. The van der Waals surface area contributed by atoms with Crippen LogP contribution in [0.2, 0.25) is 0 Å². The molecular formula is C16H16. The van der Waals surface area contributed by atoms with Gasteiger partial charge in [-0.05, 0) is 28.3 Å². The third-order valence-electron chi connectivity index (χ3n) is 3.48. The zero-order valence-electron chi connectivity index (χ0n) is 9.61. The van der Waals surface area contributed by atoms with Gasteiger partial charge in [-0.25, -0.2) is 0 Å². The molecule has 0 heteroatoms. The second-order valence-corrected chi connectivity index (χ2v) is 4.55. The maximum absolute atomic E-state index is 2.36. The van der Waals surface area contributed by atoms with Crippen LogP contribution in [0.15, 0.2) is 42.5 Å². The third-order valence-corrected chi connectivity index (χ3v) is 3.48. The van der Waals surface area contributed by atoms with Crippen molar-refractivity contribution in [3.05, 3.63) is 53.6 Å². The first-order chi connectivity index (χ1) is 7.90. The molecule has 0 bridgehead atoms. The van der Waals surface area contributed by atoms with Crippen molar-refractivity contribution in [2.75, 3.05) is 0 Å². The van der Waals surface area contributed by atoms with Crippen molar-refractivity contribution in [3.8, 4) is 0 Å². The quantitative estimate of drug-likeness (QED) is 0.668. The van der Waals surface area contributed by atoms with Crippen LogP contribution < -0.4 is 0 Å². The molecule has 0 nitrogen and oxygen atoms in total. The van der Waals surface area contributed by atoms with E-state index in [2.05, 4.69) is 55.5 Å². The topological polar surface area (TPSA) is 0 Å². The molecule has 16 heavy (non-hydrogen) atoms. The summed E-state index contributed by atoms with van der Waals surface area (Å²) in [6.45, 7) is 2.26. The Labute approximate surface area is 96.6 Å². The van der Waals surface area contributed by atoms with Crippen molar-refractivity contribution in [3.63, 3.8) is 0 Å². The van der Waals surface area contributed by atoms with Crippen LogP contribution in [0.5, 0.6) is 0 Å². The minimum Gasteiger partial charge on any atom is -0.0764 e. The summed E-state index contributed by atoms with van der Waals surface area (Å²) < 4.78 is 0. The molecule has 0 aliphatic heterocycles. The second kappa shape index (κ2) is 3.79. The Balaban J connectivity index is 2.27. The second-order valence-electron chi connectivity index (χ2n) is 4.55. The van der Waals surface area contributed by atoms with Gasteiger partial charge in [0.2, 0.25) is 0 Å². The van der Waals surface area contributed by atoms with Crippen LogP contribution >= 0.6 is 0 Å². The van der Waals surface area contributed by atoms with E-state index in [0.29, 0.717) is 5.92 Å². The van der Waals surface area contributed by atoms with Crippen LogP contribution in [-0.4, -0.2) is 0 Å². The van der Waals surface area contributed by atoms with E-state index in [0.717, 1.165) is 0 Å². The van der Waals surface area contributed by atoms with Gasteiger partial charge >= 0.3 is 0 Å². The van der Waals surface area contributed by atoms with Crippen molar-refractivity contribution in [1.29, 1.82) is 0 Å². The van der Waals surface area contributed by atoms with Crippen LogP contribution in [0, 0.1) is 0 Å². The first-order valence-electron chi connectivity index (χ1n) is 6.10. The van der Waals surface area contributed by atoms with Crippen molar-refractivity contribution < 1.29 is 0 Å². The molecule has 0 aromatic heterocycles. The number of hydrogen-bond donors (Lipinski definition) is 0. The van der Waals surface area contributed by atoms with Gasteiger partial charge in [-0.15, -0.1) is 0 Å². The fourth-order valence-electron chi connectivity index (χ4n) is 2.73. The molecule has 2 aromatic carbocycles. The first-order valence-corrected chi connectivity index (χ1v) is 6.10. The summed E-state index contributed by atoms with van der Waals surface area (Å²) in [4.78, 5) is 0. The lowest BCUT2D eigenvalue weighted by Gasteiger charge is -2.20. The smallest absolute Gasteiger partial charge is 0.00275 e. The van der Waals surface area contributed by atoms with Crippen molar-refractivity contribution in [2.24, 2.45) is 0 Å². The van der Waals surface area contributed by atoms with Crippen LogP contribution in [0.25, 0.3) is 16.8 Å². The van der Waals surface area contributed by atoms with E-state index in [4.69, 9.17) is 0 Å². The summed E-state index contributed by atoms with van der Waals surface area (Å²) in [6, 6.07) is 13.3. The molecule has 80 valence electrons. The molecule has 1 aliphatic rings. The fraction of sp³-hybridized carbons (Fsp3) is 0.250. The zero-order chi connectivity index (χ0) is 11.0. The molecule has 0 fully saturated rings. The van der Waals surface area contributed by atoms with E-state index in [1.807, 2.05) is 0 Å². The van der Waals surface area contributed by atoms with Gasteiger partial charge in [0.05, 0.1) is 0 Å². The minimum atomic E-state index is 0.614. The van der Waals surface area contributed by atoms with E-state index >= 15 is 0 Å². The summed E-state index contributed by atoms with van der Waals surface area (Å²) in [5.41, 5.74) is 2.89. The molecule has 0 spiro atoms. The summed E-state index contributed by atoms with van der Waals surface area (Å²) in [6.07, 6.45) is 7.15. The predicted molar refractivity (Wildman–Crippen MR) is 70.6 cm³/mol. The highest BCUT2D eigenvalue weighted by Crippen LogP contribution is 2.36. The Morgan fingerprint density at radius 3 is 2.69 bits per heavy atom. The van der Waals surface area contributed by atoms with Gasteiger partial charge in [-0.3, -0.25) is 0 Å². The molecular weight excluding hydrogens is 192 g/mol. The third kappa shape index (κ3) is 1.37. The van der Waals surface area contributed by atoms with E-state index in [-0.39, 0.29) is 0 Å². The molecule has 0 saturated heterocycles. The van der Waals surface area contributed by atoms with Gasteiger partial charge in [0.25, 0.3) is 0 Å². The van der Waals surface area contributed by atoms with Gasteiger partial charge in [-0.1, -0.05) is 61.9 Å². The molecule has 0 amide bonds. The Bertz CT molecular complexity index is 544. The number of rotatable bonds is 2. The van der Waals surface area contributed by atoms with Crippen LogP contribution in [-0.2, 0) is 0 Å². The summed E-state index contributed by atoms with van der Waals surface area (Å²) in [5, 5.41) is 2.84. The van der Waals surface area contributed by atoms with Crippen molar-refractivity contribution in [1.82, 2.24) is 0 Å². The molecule has 0 radical (unpaired) electrons. The highest BCUT2D eigenvalue weighted by molar-refractivity contribution is 5.95. The van der Waals surface area contributed by atoms with E-state index < -0.39 is 0 Å². The molecule has 3 rings (SSSR count).